The molecule has 1 saturated carbocycles. The van der Waals surface area contributed by atoms with Gasteiger partial charge in [-0.15, -0.1) is 0 Å². The summed E-state index contributed by atoms with van der Waals surface area (Å²) in [6, 6.07) is 13.3. The minimum absolute atomic E-state index is 0.118. The van der Waals surface area contributed by atoms with E-state index in [1.165, 1.54) is 6.42 Å². The van der Waals surface area contributed by atoms with Gasteiger partial charge in [0, 0.05) is 41.4 Å². The number of benzene rings is 1. The zero-order chi connectivity index (χ0) is 19.2. The fraction of sp³-hybridized carbons (Fsp3) is 0.273. The monoisotopic (exact) mass is 373 g/mol. The van der Waals surface area contributed by atoms with Crippen LogP contribution in [0.3, 0.4) is 0 Å². The summed E-state index contributed by atoms with van der Waals surface area (Å²) in [6.07, 6.45) is 10.7. The Morgan fingerprint density at radius 1 is 0.929 bits per heavy atom. The van der Waals surface area contributed by atoms with Crippen LogP contribution >= 0.6 is 0 Å². The number of anilines is 3. The van der Waals surface area contributed by atoms with Gasteiger partial charge >= 0.3 is 0 Å². The molecule has 0 bridgehead atoms. The molecule has 1 aromatic carbocycles. The van der Waals surface area contributed by atoms with Crippen LogP contribution in [0.4, 0.5) is 17.3 Å². The van der Waals surface area contributed by atoms with E-state index in [9.17, 15) is 4.79 Å². The van der Waals surface area contributed by atoms with Gasteiger partial charge in [0.15, 0.2) is 0 Å². The molecule has 0 unspecified atom stereocenters. The van der Waals surface area contributed by atoms with E-state index in [1.54, 1.807) is 18.6 Å². The third-order valence-corrected chi connectivity index (χ3v) is 4.99. The van der Waals surface area contributed by atoms with Crippen molar-refractivity contribution >= 4 is 23.2 Å². The van der Waals surface area contributed by atoms with Crippen molar-refractivity contribution in [2.75, 3.05) is 10.6 Å². The first-order valence-electron chi connectivity index (χ1n) is 9.69. The zero-order valence-electron chi connectivity index (χ0n) is 15.6. The molecule has 6 heteroatoms. The van der Waals surface area contributed by atoms with Crippen molar-refractivity contribution in [3.05, 3.63) is 61.1 Å². The second kappa shape index (κ2) is 8.61. The van der Waals surface area contributed by atoms with Crippen molar-refractivity contribution < 1.29 is 4.79 Å². The third-order valence-electron chi connectivity index (χ3n) is 4.99. The Bertz CT molecular complexity index is 938. The van der Waals surface area contributed by atoms with Crippen molar-refractivity contribution in [3.8, 4) is 11.3 Å². The number of nitrogens with zero attached hydrogens (tertiary/aromatic N) is 3. The van der Waals surface area contributed by atoms with E-state index < -0.39 is 0 Å². The van der Waals surface area contributed by atoms with Gasteiger partial charge in [0.25, 0.3) is 0 Å². The largest absolute Gasteiger partial charge is 0.326 e. The molecular weight excluding hydrogens is 350 g/mol. The lowest BCUT2D eigenvalue weighted by Gasteiger charge is -2.20. The molecule has 142 valence electrons. The number of hydrogen-bond acceptors (Lipinski definition) is 5. The fourth-order valence-electron chi connectivity index (χ4n) is 3.52. The van der Waals surface area contributed by atoms with Crippen LogP contribution in [0.25, 0.3) is 11.3 Å². The molecule has 1 aliphatic carbocycles. The average molecular weight is 373 g/mol. The van der Waals surface area contributed by atoms with Gasteiger partial charge in [-0.3, -0.25) is 9.78 Å². The average Bonchev–Trinajstić information content (AvgIpc) is 2.75. The lowest BCUT2D eigenvalue weighted by atomic mass is 9.88. The molecule has 6 nitrogen and oxygen atoms in total. The van der Waals surface area contributed by atoms with Crippen LogP contribution in [0.2, 0.25) is 0 Å². The molecule has 0 spiro atoms. The summed E-state index contributed by atoms with van der Waals surface area (Å²) in [6.45, 7) is 0. The Morgan fingerprint density at radius 2 is 1.71 bits per heavy atom. The fourth-order valence-corrected chi connectivity index (χ4v) is 3.52. The van der Waals surface area contributed by atoms with E-state index in [0.717, 1.165) is 48.3 Å². The number of pyridine rings is 1. The minimum Gasteiger partial charge on any atom is -0.326 e. The van der Waals surface area contributed by atoms with Gasteiger partial charge in [0.2, 0.25) is 11.9 Å². The zero-order valence-corrected chi connectivity index (χ0v) is 15.6. The quantitative estimate of drug-likeness (QED) is 0.671. The molecule has 0 radical (unpaired) electrons. The molecule has 0 aliphatic heterocycles. The van der Waals surface area contributed by atoms with Crippen molar-refractivity contribution in [2.24, 2.45) is 5.92 Å². The molecule has 2 N–H and O–H groups in total. The molecule has 2 heterocycles. The Morgan fingerprint density at radius 3 is 2.54 bits per heavy atom. The van der Waals surface area contributed by atoms with Crippen LogP contribution in [0.15, 0.2) is 61.1 Å². The minimum atomic E-state index is 0.118. The summed E-state index contributed by atoms with van der Waals surface area (Å²) in [7, 11) is 0. The first kappa shape index (κ1) is 18.1. The summed E-state index contributed by atoms with van der Waals surface area (Å²) >= 11 is 0. The number of aromatic nitrogens is 3. The molecule has 1 aliphatic rings. The molecule has 4 rings (SSSR count). The van der Waals surface area contributed by atoms with Gasteiger partial charge in [-0.1, -0.05) is 25.3 Å². The predicted molar refractivity (Wildman–Crippen MR) is 110 cm³/mol. The lowest BCUT2D eigenvalue weighted by Crippen LogP contribution is -2.24. The van der Waals surface area contributed by atoms with Gasteiger partial charge in [0.05, 0.1) is 5.69 Å². The smallest absolute Gasteiger partial charge is 0.227 e. The maximum Gasteiger partial charge on any atom is 0.227 e. The van der Waals surface area contributed by atoms with Crippen molar-refractivity contribution in [2.45, 2.75) is 32.1 Å². The van der Waals surface area contributed by atoms with Gasteiger partial charge in [-0.2, -0.15) is 0 Å². The van der Waals surface area contributed by atoms with Crippen molar-refractivity contribution in [1.82, 2.24) is 15.0 Å². The summed E-state index contributed by atoms with van der Waals surface area (Å²) in [5.74, 6) is 0.753. The SMILES string of the molecule is O=C(Nc1cccc(Nc2nccc(-c3ccncc3)n2)c1)C1CCCCC1. The molecular formula is C22H23N5O. The standard InChI is InChI=1S/C22H23N5O/c28-21(17-5-2-1-3-6-17)25-18-7-4-8-19(15-18)26-22-24-14-11-20(27-22)16-9-12-23-13-10-16/h4,7-15,17H,1-3,5-6H2,(H,25,28)(H,24,26,27). The van der Waals surface area contributed by atoms with E-state index in [4.69, 9.17) is 0 Å². The van der Waals surface area contributed by atoms with E-state index in [0.29, 0.717) is 5.95 Å². The number of nitrogens with one attached hydrogen (secondary N) is 2. The first-order valence-corrected chi connectivity index (χ1v) is 9.69. The normalized spacial score (nSPS) is 14.4. The highest BCUT2D eigenvalue weighted by atomic mass is 16.1. The summed E-state index contributed by atoms with van der Waals surface area (Å²) < 4.78 is 0. The van der Waals surface area contributed by atoms with E-state index in [-0.39, 0.29) is 11.8 Å². The second-order valence-corrected chi connectivity index (χ2v) is 7.03. The summed E-state index contributed by atoms with van der Waals surface area (Å²) in [5, 5.41) is 6.27. The topological polar surface area (TPSA) is 79.8 Å². The van der Waals surface area contributed by atoms with Crippen LogP contribution < -0.4 is 10.6 Å². The Labute approximate surface area is 164 Å². The Balaban J connectivity index is 1.45. The van der Waals surface area contributed by atoms with E-state index in [1.807, 2.05) is 42.5 Å². The van der Waals surface area contributed by atoms with Crippen LogP contribution in [-0.4, -0.2) is 20.9 Å². The van der Waals surface area contributed by atoms with E-state index >= 15 is 0 Å². The van der Waals surface area contributed by atoms with Crippen LogP contribution in [0.1, 0.15) is 32.1 Å². The Kier molecular flexibility index (Phi) is 5.56. The van der Waals surface area contributed by atoms with Crippen LogP contribution in [0.5, 0.6) is 0 Å². The molecule has 0 atom stereocenters. The highest BCUT2D eigenvalue weighted by Crippen LogP contribution is 2.26. The van der Waals surface area contributed by atoms with Crippen molar-refractivity contribution in [3.63, 3.8) is 0 Å². The second-order valence-electron chi connectivity index (χ2n) is 7.03. The van der Waals surface area contributed by atoms with Crippen LogP contribution in [-0.2, 0) is 4.79 Å². The van der Waals surface area contributed by atoms with Gasteiger partial charge in [-0.25, -0.2) is 9.97 Å². The lowest BCUT2D eigenvalue weighted by molar-refractivity contribution is -0.120. The molecule has 1 amide bonds. The first-order chi connectivity index (χ1) is 13.8. The van der Waals surface area contributed by atoms with Crippen LogP contribution in [0, 0.1) is 5.92 Å². The van der Waals surface area contributed by atoms with Crippen molar-refractivity contribution in [1.29, 1.82) is 0 Å². The molecule has 28 heavy (non-hydrogen) atoms. The highest BCUT2D eigenvalue weighted by Gasteiger charge is 2.21. The molecule has 0 saturated heterocycles. The van der Waals surface area contributed by atoms with Gasteiger partial charge in [-0.05, 0) is 49.2 Å². The maximum atomic E-state index is 12.5. The molecule has 1 fully saturated rings. The number of carbonyl (C=O) groups is 1. The highest BCUT2D eigenvalue weighted by molar-refractivity contribution is 5.93. The number of hydrogen-bond donors (Lipinski definition) is 2. The predicted octanol–water partition coefficient (Wildman–Crippen LogP) is 4.80. The molecule has 3 aromatic rings. The number of rotatable bonds is 5. The number of amides is 1. The van der Waals surface area contributed by atoms with Gasteiger partial charge in [0.1, 0.15) is 0 Å². The number of carbonyl (C=O) groups excluding carboxylic acids is 1. The molecule has 2 aromatic heterocycles. The summed E-state index contributed by atoms with van der Waals surface area (Å²) in [4.78, 5) is 25.4. The van der Waals surface area contributed by atoms with Gasteiger partial charge < -0.3 is 10.6 Å². The Hall–Kier alpha value is -3.28. The van der Waals surface area contributed by atoms with E-state index in [2.05, 4.69) is 25.6 Å². The maximum absolute atomic E-state index is 12.5. The summed E-state index contributed by atoms with van der Waals surface area (Å²) in [5.41, 5.74) is 3.41. The third kappa shape index (κ3) is 4.52.